The highest BCUT2D eigenvalue weighted by Gasteiger charge is 2.09. The zero-order valence-electron chi connectivity index (χ0n) is 8.23. The Hall–Kier alpha value is -1.37. The fraction of sp³-hybridized carbons (Fsp3) is 0.364. The molecule has 14 heavy (non-hydrogen) atoms. The molecule has 0 radical (unpaired) electrons. The third kappa shape index (κ3) is 2.56. The highest BCUT2D eigenvalue weighted by atomic mass is 16.5. The number of methoxy groups -OCH3 is 1. The lowest BCUT2D eigenvalue weighted by Crippen LogP contribution is -2.17. The van der Waals surface area contributed by atoms with Crippen LogP contribution < -0.4 is 5.73 Å². The minimum Gasteiger partial charge on any atom is -0.383 e. The van der Waals surface area contributed by atoms with Crippen molar-refractivity contribution in [2.75, 3.05) is 13.7 Å². The van der Waals surface area contributed by atoms with E-state index in [0.717, 1.165) is 11.1 Å². The van der Waals surface area contributed by atoms with E-state index in [0.29, 0.717) is 13.0 Å². The lowest BCUT2D eigenvalue weighted by Gasteiger charge is -2.13. The molecular formula is C11H14N2O. The van der Waals surface area contributed by atoms with Crippen LogP contribution in [0.4, 0.5) is 0 Å². The molecule has 1 aromatic carbocycles. The molecule has 3 heteroatoms. The molecule has 0 spiro atoms. The van der Waals surface area contributed by atoms with Crippen LogP contribution >= 0.6 is 0 Å². The van der Waals surface area contributed by atoms with E-state index in [9.17, 15) is 0 Å². The Bertz CT molecular complexity index is 330. The lowest BCUT2D eigenvalue weighted by molar-refractivity contribution is 0.180. The quantitative estimate of drug-likeness (QED) is 0.780. The summed E-state index contributed by atoms with van der Waals surface area (Å²) in [5.74, 6) is 0. The third-order valence-electron chi connectivity index (χ3n) is 2.07. The van der Waals surface area contributed by atoms with Crippen LogP contribution in [0.15, 0.2) is 24.3 Å². The van der Waals surface area contributed by atoms with Gasteiger partial charge < -0.3 is 10.5 Å². The molecule has 0 heterocycles. The fourth-order valence-electron chi connectivity index (χ4n) is 1.41. The van der Waals surface area contributed by atoms with Gasteiger partial charge in [-0.25, -0.2) is 0 Å². The van der Waals surface area contributed by atoms with Crippen molar-refractivity contribution in [1.29, 1.82) is 5.26 Å². The normalized spacial score (nSPS) is 12.1. The zero-order valence-corrected chi connectivity index (χ0v) is 8.23. The zero-order chi connectivity index (χ0) is 10.4. The van der Waals surface area contributed by atoms with Gasteiger partial charge in [-0.2, -0.15) is 5.26 Å². The van der Waals surface area contributed by atoms with E-state index >= 15 is 0 Å². The number of rotatable bonds is 4. The first kappa shape index (κ1) is 10.7. The molecule has 1 aromatic rings. The van der Waals surface area contributed by atoms with Gasteiger partial charge in [-0.15, -0.1) is 0 Å². The average molecular weight is 190 g/mol. The van der Waals surface area contributed by atoms with Gasteiger partial charge in [0, 0.05) is 7.11 Å². The van der Waals surface area contributed by atoms with Crippen molar-refractivity contribution in [3.8, 4) is 6.07 Å². The summed E-state index contributed by atoms with van der Waals surface area (Å²) in [7, 11) is 1.62. The molecule has 0 bridgehead atoms. The van der Waals surface area contributed by atoms with E-state index in [-0.39, 0.29) is 6.04 Å². The van der Waals surface area contributed by atoms with E-state index < -0.39 is 0 Å². The second kappa shape index (κ2) is 5.38. The molecule has 0 aliphatic heterocycles. The van der Waals surface area contributed by atoms with Gasteiger partial charge in [-0.1, -0.05) is 24.3 Å². The summed E-state index contributed by atoms with van der Waals surface area (Å²) in [6, 6.07) is 9.68. The van der Waals surface area contributed by atoms with Gasteiger partial charge in [0.25, 0.3) is 0 Å². The first-order valence-electron chi connectivity index (χ1n) is 4.49. The van der Waals surface area contributed by atoms with Gasteiger partial charge in [0.15, 0.2) is 0 Å². The molecule has 0 saturated heterocycles. The predicted molar refractivity (Wildman–Crippen MR) is 54.6 cm³/mol. The topological polar surface area (TPSA) is 59.0 Å². The molecule has 0 saturated carbocycles. The molecular weight excluding hydrogens is 176 g/mol. The molecule has 1 atom stereocenters. The highest BCUT2D eigenvalue weighted by molar-refractivity contribution is 5.31. The van der Waals surface area contributed by atoms with Crippen molar-refractivity contribution in [2.24, 2.45) is 5.73 Å². The maximum Gasteiger partial charge on any atom is 0.0669 e. The van der Waals surface area contributed by atoms with Crippen LogP contribution in [0, 0.1) is 11.3 Å². The summed E-state index contributed by atoms with van der Waals surface area (Å²) < 4.78 is 4.98. The maximum absolute atomic E-state index is 8.63. The van der Waals surface area contributed by atoms with Crippen molar-refractivity contribution in [2.45, 2.75) is 12.5 Å². The van der Waals surface area contributed by atoms with Gasteiger partial charge in [-0.3, -0.25) is 0 Å². The van der Waals surface area contributed by atoms with Crippen LogP contribution in [0.2, 0.25) is 0 Å². The Morgan fingerprint density at radius 2 is 2.21 bits per heavy atom. The standard InChI is InChI=1S/C11H14N2O/c1-14-8-11(13)10-5-3-2-4-9(10)6-7-12/h2-5,11H,6,8,13H2,1H3. The Morgan fingerprint density at radius 3 is 2.86 bits per heavy atom. The highest BCUT2D eigenvalue weighted by Crippen LogP contribution is 2.16. The van der Waals surface area contributed by atoms with E-state index in [1.54, 1.807) is 7.11 Å². The van der Waals surface area contributed by atoms with Gasteiger partial charge in [0.05, 0.1) is 25.1 Å². The van der Waals surface area contributed by atoms with E-state index in [1.807, 2.05) is 24.3 Å². The Morgan fingerprint density at radius 1 is 1.50 bits per heavy atom. The predicted octanol–water partition coefficient (Wildman–Crippen LogP) is 1.40. The molecule has 1 rings (SSSR count). The summed E-state index contributed by atoms with van der Waals surface area (Å²) in [5.41, 5.74) is 7.88. The van der Waals surface area contributed by atoms with Gasteiger partial charge >= 0.3 is 0 Å². The first-order valence-corrected chi connectivity index (χ1v) is 4.49. The smallest absolute Gasteiger partial charge is 0.0669 e. The molecule has 0 amide bonds. The maximum atomic E-state index is 8.63. The molecule has 0 aliphatic rings. The number of nitriles is 1. The monoisotopic (exact) mass is 190 g/mol. The Labute approximate surface area is 84.1 Å². The molecule has 2 N–H and O–H groups in total. The summed E-state index contributed by atoms with van der Waals surface area (Å²) in [6.45, 7) is 0.475. The van der Waals surface area contributed by atoms with E-state index in [1.165, 1.54) is 0 Å². The SMILES string of the molecule is COCC(N)c1ccccc1CC#N. The third-order valence-corrected chi connectivity index (χ3v) is 2.07. The Kier molecular flexibility index (Phi) is 4.11. The number of nitrogens with two attached hydrogens (primary N) is 1. The molecule has 0 aromatic heterocycles. The van der Waals surface area contributed by atoms with Crippen molar-refractivity contribution < 1.29 is 4.74 Å². The minimum atomic E-state index is -0.149. The largest absolute Gasteiger partial charge is 0.383 e. The number of benzene rings is 1. The van der Waals surface area contributed by atoms with Crippen molar-refractivity contribution >= 4 is 0 Å². The van der Waals surface area contributed by atoms with Crippen LogP contribution in [0.25, 0.3) is 0 Å². The van der Waals surface area contributed by atoms with Gasteiger partial charge in [0.1, 0.15) is 0 Å². The summed E-state index contributed by atoms with van der Waals surface area (Å²) in [4.78, 5) is 0. The number of hydrogen-bond donors (Lipinski definition) is 1. The molecule has 74 valence electrons. The lowest BCUT2D eigenvalue weighted by atomic mass is 9.99. The minimum absolute atomic E-state index is 0.149. The van der Waals surface area contributed by atoms with Crippen LogP contribution in [-0.4, -0.2) is 13.7 Å². The summed E-state index contributed by atoms with van der Waals surface area (Å²) >= 11 is 0. The fourth-order valence-corrected chi connectivity index (χ4v) is 1.41. The second-order valence-electron chi connectivity index (χ2n) is 3.10. The van der Waals surface area contributed by atoms with Gasteiger partial charge in [-0.05, 0) is 11.1 Å². The van der Waals surface area contributed by atoms with Crippen LogP contribution in [-0.2, 0) is 11.2 Å². The molecule has 0 aliphatic carbocycles. The number of hydrogen-bond acceptors (Lipinski definition) is 3. The second-order valence-corrected chi connectivity index (χ2v) is 3.10. The van der Waals surface area contributed by atoms with E-state index in [4.69, 9.17) is 15.7 Å². The average Bonchev–Trinajstić information content (AvgIpc) is 2.19. The van der Waals surface area contributed by atoms with Crippen LogP contribution in [0.3, 0.4) is 0 Å². The summed E-state index contributed by atoms with van der Waals surface area (Å²) in [6.07, 6.45) is 0.396. The van der Waals surface area contributed by atoms with Crippen molar-refractivity contribution in [1.82, 2.24) is 0 Å². The van der Waals surface area contributed by atoms with Crippen molar-refractivity contribution in [3.05, 3.63) is 35.4 Å². The molecule has 3 nitrogen and oxygen atoms in total. The molecule has 0 fully saturated rings. The molecule has 1 unspecified atom stereocenters. The summed E-state index contributed by atoms with van der Waals surface area (Å²) in [5, 5.41) is 8.63. The number of nitrogens with zero attached hydrogens (tertiary/aromatic N) is 1. The van der Waals surface area contributed by atoms with Crippen molar-refractivity contribution in [3.63, 3.8) is 0 Å². The van der Waals surface area contributed by atoms with Gasteiger partial charge in [0.2, 0.25) is 0 Å². The number of ether oxygens (including phenoxy) is 1. The van der Waals surface area contributed by atoms with Crippen LogP contribution in [0.1, 0.15) is 17.2 Å². The first-order chi connectivity index (χ1) is 6.79. The van der Waals surface area contributed by atoms with E-state index in [2.05, 4.69) is 6.07 Å². The Balaban J connectivity index is 2.89. The van der Waals surface area contributed by atoms with Crippen LogP contribution in [0.5, 0.6) is 0 Å².